The third-order valence-electron chi connectivity index (χ3n) is 10.5. The number of hydrogen-bond acceptors (Lipinski definition) is 2. The SMILES string of the molecule is c1ccc(N(c2cccc3oc4cc5ccccc5cc4c23)c2cccc3c2c2cc4ccccc4cc2n3-c2cccc3ccccc23)cc1. The van der Waals surface area contributed by atoms with Gasteiger partial charge in [-0.05, 0) is 93.7 Å². The van der Waals surface area contributed by atoms with Gasteiger partial charge in [-0.2, -0.15) is 0 Å². The third-order valence-corrected chi connectivity index (χ3v) is 10.5. The summed E-state index contributed by atoms with van der Waals surface area (Å²) < 4.78 is 9.07. The van der Waals surface area contributed by atoms with Gasteiger partial charge >= 0.3 is 0 Å². The molecule has 0 amide bonds. The van der Waals surface area contributed by atoms with Gasteiger partial charge in [-0.1, -0.05) is 115 Å². The van der Waals surface area contributed by atoms with E-state index < -0.39 is 0 Å². The Labute approximate surface area is 293 Å². The number of anilines is 3. The van der Waals surface area contributed by atoms with Gasteiger partial charge in [-0.25, -0.2) is 0 Å². The fourth-order valence-corrected chi connectivity index (χ4v) is 8.25. The molecule has 3 heteroatoms. The lowest BCUT2D eigenvalue weighted by Gasteiger charge is -2.27. The molecule has 51 heavy (non-hydrogen) atoms. The van der Waals surface area contributed by atoms with Gasteiger partial charge in [0.1, 0.15) is 11.2 Å². The Morgan fingerprint density at radius 3 is 1.75 bits per heavy atom. The largest absolute Gasteiger partial charge is 0.456 e. The number of hydrogen-bond donors (Lipinski definition) is 0. The number of nitrogens with zero attached hydrogens (tertiary/aromatic N) is 2. The molecule has 0 aliphatic heterocycles. The molecule has 0 saturated carbocycles. The van der Waals surface area contributed by atoms with Crippen LogP contribution in [0.3, 0.4) is 0 Å². The molecule has 0 aliphatic carbocycles. The molecule has 11 rings (SSSR count). The Hall–Kier alpha value is -6.84. The van der Waals surface area contributed by atoms with Crippen LogP contribution in [0.15, 0.2) is 186 Å². The van der Waals surface area contributed by atoms with Gasteiger partial charge in [0.2, 0.25) is 0 Å². The summed E-state index contributed by atoms with van der Waals surface area (Å²) in [4.78, 5) is 2.43. The van der Waals surface area contributed by atoms with Crippen LogP contribution in [0.1, 0.15) is 0 Å². The second-order valence-corrected chi connectivity index (χ2v) is 13.3. The van der Waals surface area contributed by atoms with E-state index in [9.17, 15) is 0 Å². The van der Waals surface area contributed by atoms with Gasteiger partial charge in [0.15, 0.2) is 0 Å². The molecule has 0 spiro atoms. The Kier molecular flexibility index (Phi) is 5.96. The van der Waals surface area contributed by atoms with E-state index in [1.807, 2.05) is 0 Å². The van der Waals surface area contributed by atoms with Crippen molar-refractivity contribution < 1.29 is 4.42 Å². The molecule has 2 aromatic heterocycles. The maximum absolute atomic E-state index is 6.60. The van der Waals surface area contributed by atoms with Crippen molar-refractivity contribution in [1.29, 1.82) is 0 Å². The van der Waals surface area contributed by atoms with Crippen molar-refractivity contribution in [3.8, 4) is 5.69 Å². The molecule has 0 fully saturated rings. The minimum Gasteiger partial charge on any atom is -0.456 e. The van der Waals surface area contributed by atoms with E-state index in [0.717, 1.165) is 44.5 Å². The minimum absolute atomic E-state index is 0.870. The number of fused-ring (bicyclic) bond motifs is 9. The second kappa shape index (κ2) is 10.8. The molecule has 0 aliphatic rings. The van der Waals surface area contributed by atoms with E-state index in [0.29, 0.717) is 0 Å². The molecule has 0 N–H and O–H groups in total. The average Bonchev–Trinajstić information content (AvgIpc) is 3.71. The summed E-state index contributed by atoms with van der Waals surface area (Å²) >= 11 is 0. The number of furan rings is 1. The minimum atomic E-state index is 0.870. The quantitative estimate of drug-likeness (QED) is 0.189. The smallest absolute Gasteiger partial charge is 0.137 e. The lowest BCUT2D eigenvalue weighted by molar-refractivity contribution is 0.669. The fourth-order valence-electron chi connectivity index (χ4n) is 8.25. The topological polar surface area (TPSA) is 21.3 Å². The first-order chi connectivity index (χ1) is 25.3. The second-order valence-electron chi connectivity index (χ2n) is 13.3. The van der Waals surface area contributed by atoms with Gasteiger partial charge in [-0.15, -0.1) is 0 Å². The van der Waals surface area contributed by atoms with Crippen molar-refractivity contribution in [2.75, 3.05) is 4.90 Å². The van der Waals surface area contributed by atoms with Crippen LogP contribution in [0.25, 0.3) is 81.7 Å². The molecular formula is C48H30N2O. The zero-order valence-electron chi connectivity index (χ0n) is 27.6. The van der Waals surface area contributed by atoms with Crippen LogP contribution >= 0.6 is 0 Å². The van der Waals surface area contributed by atoms with Gasteiger partial charge in [0.05, 0.1) is 33.5 Å². The number of benzene rings is 9. The first-order valence-corrected chi connectivity index (χ1v) is 17.4. The Morgan fingerprint density at radius 1 is 0.373 bits per heavy atom. The first kappa shape index (κ1) is 28.0. The van der Waals surface area contributed by atoms with E-state index in [-0.39, 0.29) is 0 Å². The summed E-state index contributed by atoms with van der Waals surface area (Å²) in [7, 11) is 0. The van der Waals surface area contributed by atoms with Gasteiger partial charge in [0.25, 0.3) is 0 Å². The van der Waals surface area contributed by atoms with Crippen LogP contribution in [-0.2, 0) is 0 Å². The molecule has 0 bridgehead atoms. The number of para-hydroxylation sites is 1. The lowest BCUT2D eigenvalue weighted by atomic mass is 10.0. The average molecular weight is 651 g/mol. The summed E-state index contributed by atoms with van der Waals surface area (Å²) in [5.74, 6) is 0. The molecule has 3 nitrogen and oxygen atoms in total. The van der Waals surface area contributed by atoms with Crippen LogP contribution < -0.4 is 4.90 Å². The lowest BCUT2D eigenvalue weighted by Crippen LogP contribution is -2.10. The molecule has 0 atom stereocenters. The van der Waals surface area contributed by atoms with Crippen molar-refractivity contribution in [2.24, 2.45) is 0 Å². The highest BCUT2D eigenvalue weighted by Crippen LogP contribution is 2.48. The van der Waals surface area contributed by atoms with Crippen LogP contribution in [0.4, 0.5) is 17.1 Å². The van der Waals surface area contributed by atoms with Gasteiger partial charge < -0.3 is 13.9 Å². The Balaban J connectivity index is 1.29. The zero-order chi connectivity index (χ0) is 33.5. The van der Waals surface area contributed by atoms with Crippen molar-refractivity contribution in [3.63, 3.8) is 0 Å². The van der Waals surface area contributed by atoms with Crippen molar-refractivity contribution >= 4 is 93.1 Å². The summed E-state index contributed by atoms with van der Waals surface area (Å²) in [5, 5.41) is 11.9. The maximum Gasteiger partial charge on any atom is 0.137 e. The molecule has 11 aromatic rings. The van der Waals surface area contributed by atoms with Crippen molar-refractivity contribution in [3.05, 3.63) is 182 Å². The fraction of sp³-hybridized carbons (Fsp3) is 0. The monoisotopic (exact) mass is 650 g/mol. The predicted molar refractivity (Wildman–Crippen MR) is 215 cm³/mol. The highest BCUT2D eigenvalue weighted by Gasteiger charge is 2.24. The molecule has 0 saturated heterocycles. The van der Waals surface area contributed by atoms with Crippen molar-refractivity contribution in [1.82, 2.24) is 4.57 Å². The highest BCUT2D eigenvalue weighted by molar-refractivity contribution is 6.22. The Morgan fingerprint density at radius 2 is 0.961 bits per heavy atom. The number of aromatic nitrogens is 1. The van der Waals surface area contributed by atoms with E-state index in [1.165, 1.54) is 54.3 Å². The standard InChI is InChI=1S/C48H30N2O/c1-2-19-36(20-3-1)49(43-25-12-26-45-48(43)39-28-33-15-5-7-17-35(33)30-46(39)51-45)41-23-11-24-42-47(41)38-27-32-14-4-6-16-34(32)29-44(38)50(42)40-22-10-18-31-13-8-9-21-37(31)40/h1-30H. The molecule has 0 unspecified atom stereocenters. The first-order valence-electron chi connectivity index (χ1n) is 17.4. The summed E-state index contributed by atoms with van der Waals surface area (Å²) in [5.41, 5.74) is 8.54. The molecule has 2 heterocycles. The molecule has 9 aromatic carbocycles. The highest BCUT2D eigenvalue weighted by atomic mass is 16.3. The Bertz CT molecular complexity index is 3150. The maximum atomic E-state index is 6.60. The summed E-state index contributed by atoms with van der Waals surface area (Å²) in [6, 6.07) is 65.6. The van der Waals surface area contributed by atoms with Crippen LogP contribution in [0.5, 0.6) is 0 Å². The molecular weight excluding hydrogens is 621 g/mol. The van der Waals surface area contributed by atoms with E-state index in [4.69, 9.17) is 4.42 Å². The van der Waals surface area contributed by atoms with Crippen molar-refractivity contribution in [2.45, 2.75) is 0 Å². The van der Waals surface area contributed by atoms with Crippen LogP contribution in [0, 0.1) is 0 Å². The summed E-state index contributed by atoms with van der Waals surface area (Å²) in [6.07, 6.45) is 0. The third kappa shape index (κ3) is 4.19. The van der Waals surface area contributed by atoms with Gasteiger partial charge in [0, 0.05) is 27.2 Å². The molecule has 238 valence electrons. The normalized spacial score (nSPS) is 11.9. The van der Waals surface area contributed by atoms with Crippen LogP contribution in [0.2, 0.25) is 0 Å². The van der Waals surface area contributed by atoms with Gasteiger partial charge in [-0.3, -0.25) is 0 Å². The number of rotatable bonds is 4. The molecule has 0 radical (unpaired) electrons. The summed E-state index contributed by atoms with van der Waals surface area (Å²) in [6.45, 7) is 0. The van der Waals surface area contributed by atoms with E-state index in [2.05, 4.69) is 191 Å². The predicted octanol–water partition coefficient (Wildman–Crippen LogP) is 13.6. The van der Waals surface area contributed by atoms with Crippen LogP contribution in [-0.4, -0.2) is 4.57 Å². The zero-order valence-corrected chi connectivity index (χ0v) is 27.6. The van der Waals surface area contributed by atoms with E-state index >= 15 is 0 Å². The van der Waals surface area contributed by atoms with E-state index in [1.54, 1.807) is 0 Å².